The Morgan fingerprint density at radius 3 is 2.31 bits per heavy atom. The Morgan fingerprint density at radius 1 is 0.962 bits per heavy atom. The van der Waals surface area contributed by atoms with E-state index in [1.165, 1.54) is 5.56 Å². The lowest BCUT2D eigenvalue weighted by molar-refractivity contribution is 0.590. The average molecular weight is 368 g/mol. The van der Waals surface area contributed by atoms with Crippen LogP contribution in [-0.2, 0) is 12.0 Å². The third-order valence-corrected chi connectivity index (χ3v) is 4.20. The lowest BCUT2D eigenvalue weighted by Gasteiger charge is -2.19. The molecule has 0 aliphatic heterocycles. The van der Waals surface area contributed by atoms with Crippen LogP contribution in [0.3, 0.4) is 0 Å². The van der Waals surface area contributed by atoms with Gasteiger partial charge in [-0.05, 0) is 40.8 Å². The summed E-state index contributed by atoms with van der Waals surface area (Å²) in [5.74, 6) is 1.11. The van der Waals surface area contributed by atoms with Gasteiger partial charge in [0.2, 0.25) is 5.95 Å². The van der Waals surface area contributed by atoms with E-state index >= 15 is 0 Å². The molecule has 0 aliphatic carbocycles. The quantitative estimate of drug-likeness (QED) is 0.650. The molecule has 0 radical (unpaired) electrons. The average Bonchev–Trinajstić information content (AvgIpc) is 2.61. The van der Waals surface area contributed by atoms with Crippen molar-refractivity contribution in [1.82, 2.24) is 15.2 Å². The van der Waals surface area contributed by atoms with Gasteiger partial charge < -0.3 is 10.6 Å². The lowest BCUT2D eigenvalue weighted by Crippen LogP contribution is -2.10. The number of nitrogens with one attached hydrogen (secondary N) is 2. The lowest BCUT2D eigenvalue weighted by atomic mass is 9.87. The number of anilines is 3. The molecule has 0 saturated heterocycles. The van der Waals surface area contributed by atoms with Crippen molar-refractivity contribution >= 4 is 29.1 Å². The van der Waals surface area contributed by atoms with Gasteiger partial charge in [0.05, 0.1) is 6.20 Å². The number of nitrogens with zero attached hydrogens (tertiary/aromatic N) is 3. The van der Waals surface area contributed by atoms with Crippen LogP contribution in [0.5, 0.6) is 0 Å². The van der Waals surface area contributed by atoms with E-state index < -0.39 is 0 Å². The van der Waals surface area contributed by atoms with Crippen molar-refractivity contribution in [2.24, 2.45) is 0 Å². The minimum Gasteiger partial charge on any atom is -0.349 e. The first-order valence-corrected chi connectivity index (χ1v) is 8.83. The second kappa shape index (κ2) is 7.70. The van der Waals surface area contributed by atoms with Gasteiger partial charge in [-0.3, -0.25) is 0 Å². The summed E-state index contributed by atoms with van der Waals surface area (Å²) in [6.07, 6.45) is 1.60. The van der Waals surface area contributed by atoms with E-state index in [1.807, 2.05) is 36.4 Å². The minimum absolute atomic E-state index is 0.133. The van der Waals surface area contributed by atoms with Crippen molar-refractivity contribution in [1.29, 1.82) is 0 Å². The maximum atomic E-state index is 5.90. The van der Waals surface area contributed by atoms with Crippen molar-refractivity contribution in [3.8, 4) is 0 Å². The fraction of sp³-hybridized carbons (Fsp3) is 0.250. The number of benzene rings is 2. The number of halogens is 1. The molecule has 0 unspecified atom stereocenters. The topological polar surface area (TPSA) is 62.7 Å². The van der Waals surface area contributed by atoms with Gasteiger partial charge in [-0.25, -0.2) is 0 Å². The van der Waals surface area contributed by atoms with Gasteiger partial charge in [0.15, 0.2) is 5.82 Å². The molecule has 134 valence electrons. The van der Waals surface area contributed by atoms with Gasteiger partial charge in [0.1, 0.15) is 0 Å². The fourth-order valence-corrected chi connectivity index (χ4v) is 2.55. The normalized spacial score (nSPS) is 11.2. The Kier molecular flexibility index (Phi) is 5.38. The first-order chi connectivity index (χ1) is 12.4. The van der Waals surface area contributed by atoms with Crippen molar-refractivity contribution in [3.05, 3.63) is 70.9 Å². The van der Waals surface area contributed by atoms with E-state index in [-0.39, 0.29) is 5.41 Å². The first-order valence-electron chi connectivity index (χ1n) is 8.46. The molecule has 5 nitrogen and oxygen atoms in total. The molecule has 0 atom stereocenters. The van der Waals surface area contributed by atoms with Crippen molar-refractivity contribution in [2.45, 2.75) is 32.7 Å². The SMILES string of the molecule is CC(C)(C)c1ccc(Nc2cnnc(NCc3ccc(Cl)cc3)n2)cc1. The molecular weight excluding hydrogens is 346 g/mol. The van der Waals surface area contributed by atoms with E-state index in [9.17, 15) is 0 Å². The Labute approximate surface area is 158 Å². The van der Waals surface area contributed by atoms with E-state index in [0.29, 0.717) is 18.3 Å². The predicted molar refractivity (Wildman–Crippen MR) is 107 cm³/mol. The third-order valence-electron chi connectivity index (χ3n) is 3.95. The molecule has 0 fully saturated rings. The van der Waals surface area contributed by atoms with Gasteiger partial charge in [-0.2, -0.15) is 10.1 Å². The Balaban J connectivity index is 1.64. The van der Waals surface area contributed by atoms with E-state index in [4.69, 9.17) is 11.6 Å². The molecule has 6 heteroatoms. The van der Waals surface area contributed by atoms with Crippen LogP contribution < -0.4 is 10.6 Å². The molecule has 2 aromatic carbocycles. The molecule has 1 heterocycles. The molecule has 3 aromatic rings. The maximum absolute atomic E-state index is 5.90. The number of hydrogen-bond acceptors (Lipinski definition) is 5. The van der Waals surface area contributed by atoms with E-state index in [1.54, 1.807) is 6.20 Å². The van der Waals surface area contributed by atoms with Gasteiger partial charge >= 0.3 is 0 Å². The Morgan fingerprint density at radius 2 is 1.65 bits per heavy atom. The molecule has 0 saturated carbocycles. The van der Waals surface area contributed by atoms with Gasteiger partial charge in [0, 0.05) is 17.3 Å². The molecule has 2 N–H and O–H groups in total. The van der Waals surface area contributed by atoms with Crippen molar-refractivity contribution < 1.29 is 0 Å². The third kappa shape index (κ3) is 4.92. The van der Waals surface area contributed by atoms with Crippen LogP contribution in [0.15, 0.2) is 54.7 Å². The second-order valence-corrected chi connectivity index (χ2v) is 7.53. The fourth-order valence-electron chi connectivity index (χ4n) is 2.42. The summed E-state index contributed by atoms with van der Waals surface area (Å²) >= 11 is 5.90. The highest BCUT2D eigenvalue weighted by atomic mass is 35.5. The van der Waals surface area contributed by atoms with Crippen LogP contribution in [0.2, 0.25) is 5.02 Å². The number of aromatic nitrogens is 3. The highest BCUT2D eigenvalue weighted by Crippen LogP contribution is 2.24. The van der Waals surface area contributed by atoms with Crippen molar-refractivity contribution in [3.63, 3.8) is 0 Å². The Bertz CT molecular complexity index is 855. The Hall–Kier alpha value is -2.66. The highest BCUT2D eigenvalue weighted by molar-refractivity contribution is 6.30. The molecule has 0 bridgehead atoms. The summed E-state index contributed by atoms with van der Waals surface area (Å²) in [5.41, 5.74) is 3.47. The van der Waals surface area contributed by atoms with Crippen molar-refractivity contribution in [2.75, 3.05) is 10.6 Å². The summed E-state index contributed by atoms with van der Waals surface area (Å²) in [7, 11) is 0. The van der Waals surface area contributed by atoms with E-state index in [2.05, 4.69) is 58.7 Å². The zero-order valence-electron chi connectivity index (χ0n) is 15.1. The largest absolute Gasteiger partial charge is 0.349 e. The van der Waals surface area contributed by atoms with Gasteiger partial charge in [-0.1, -0.05) is 56.6 Å². The summed E-state index contributed by atoms with van der Waals surface area (Å²) in [6, 6.07) is 16.0. The summed E-state index contributed by atoms with van der Waals surface area (Å²) in [5, 5.41) is 15.2. The smallest absolute Gasteiger partial charge is 0.244 e. The molecule has 3 rings (SSSR count). The number of hydrogen-bond donors (Lipinski definition) is 2. The van der Waals surface area contributed by atoms with Crippen LogP contribution in [0, 0.1) is 0 Å². The molecule has 0 aliphatic rings. The van der Waals surface area contributed by atoms with Crippen LogP contribution in [0.1, 0.15) is 31.9 Å². The summed E-state index contributed by atoms with van der Waals surface area (Å²) in [4.78, 5) is 4.45. The van der Waals surface area contributed by atoms with Crippen LogP contribution in [0.25, 0.3) is 0 Å². The first kappa shape index (κ1) is 18.1. The molecule has 0 amide bonds. The second-order valence-electron chi connectivity index (χ2n) is 7.10. The zero-order valence-corrected chi connectivity index (χ0v) is 15.9. The molecule has 26 heavy (non-hydrogen) atoms. The number of rotatable bonds is 5. The maximum Gasteiger partial charge on any atom is 0.244 e. The van der Waals surface area contributed by atoms with E-state index in [0.717, 1.165) is 16.3 Å². The summed E-state index contributed by atoms with van der Waals surface area (Å²) < 4.78 is 0. The molecule has 0 spiro atoms. The van der Waals surface area contributed by atoms with Gasteiger partial charge in [-0.15, -0.1) is 5.10 Å². The predicted octanol–water partition coefficient (Wildman–Crippen LogP) is 5.18. The van der Waals surface area contributed by atoms with Crippen LogP contribution in [0.4, 0.5) is 17.5 Å². The van der Waals surface area contributed by atoms with Crippen LogP contribution in [-0.4, -0.2) is 15.2 Å². The minimum atomic E-state index is 0.133. The highest BCUT2D eigenvalue weighted by Gasteiger charge is 2.12. The monoisotopic (exact) mass is 367 g/mol. The van der Waals surface area contributed by atoms with Gasteiger partial charge in [0.25, 0.3) is 0 Å². The molecule has 1 aromatic heterocycles. The van der Waals surface area contributed by atoms with Crippen LogP contribution >= 0.6 is 11.6 Å². The standard InChI is InChI=1S/C20H22ClN5/c1-20(2,3)15-6-10-17(11-7-15)24-18-13-23-26-19(25-18)22-12-14-4-8-16(21)9-5-14/h4-11,13H,12H2,1-3H3,(H2,22,24,25,26). The summed E-state index contributed by atoms with van der Waals surface area (Å²) in [6.45, 7) is 7.19. The molecular formula is C20H22ClN5. The zero-order chi connectivity index (χ0) is 18.6.